The second kappa shape index (κ2) is 4.14. The molecule has 0 radical (unpaired) electrons. The van der Waals surface area contributed by atoms with Crippen molar-refractivity contribution < 1.29 is 9.31 Å². The second-order valence-electron chi connectivity index (χ2n) is 5.36. The van der Waals surface area contributed by atoms with Crippen LogP contribution in [0.2, 0.25) is 0 Å². The fourth-order valence-corrected chi connectivity index (χ4v) is 2.24. The summed E-state index contributed by atoms with van der Waals surface area (Å²) in [6, 6.07) is 5.88. The minimum atomic E-state index is -0.380. The molecule has 1 aromatic rings. The number of hydrogen-bond donors (Lipinski definition) is 1. The molecule has 2 rings (SSSR count). The lowest BCUT2D eigenvalue weighted by Crippen LogP contribution is -2.41. The second-order valence-corrected chi connectivity index (χ2v) is 6.61. The Kier molecular flexibility index (Phi) is 3.21. The predicted molar refractivity (Wildman–Crippen MR) is 79.3 cm³/mol. The van der Waals surface area contributed by atoms with Crippen molar-refractivity contribution in [3.63, 3.8) is 0 Å². The van der Waals surface area contributed by atoms with Crippen LogP contribution in [0.3, 0.4) is 0 Å². The van der Waals surface area contributed by atoms with Crippen LogP contribution >= 0.6 is 22.6 Å². The average molecular weight is 345 g/mol. The molecule has 1 saturated heterocycles. The molecule has 1 aromatic carbocycles. The third-order valence-corrected chi connectivity index (χ3v) is 4.23. The summed E-state index contributed by atoms with van der Waals surface area (Å²) < 4.78 is 13.1. The van der Waals surface area contributed by atoms with Crippen molar-refractivity contribution in [2.24, 2.45) is 0 Å². The number of halogens is 1. The maximum atomic E-state index is 5.98. The Hall–Kier alpha value is -0.265. The van der Waals surface area contributed by atoms with Crippen molar-refractivity contribution in [2.45, 2.75) is 38.9 Å². The zero-order valence-electron chi connectivity index (χ0n) is 10.6. The van der Waals surface area contributed by atoms with Gasteiger partial charge >= 0.3 is 7.12 Å². The monoisotopic (exact) mass is 345 g/mol. The van der Waals surface area contributed by atoms with Crippen LogP contribution in [0.1, 0.15) is 27.7 Å². The number of rotatable bonds is 1. The van der Waals surface area contributed by atoms with Gasteiger partial charge in [-0.25, -0.2) is 0 Å². The summed E-state index contributed by atoms with van der Waals surface area (Å²) in [5.41, 5.74) is 6.95. The maximum Gasteiger partial charge on any atom is 0.496 e. The summed E-state index contributed by atoms with van der Waals surface area (Å²) in [5, 5.41) is 0. The highest BCUT2D eigenvalue weighted by atomic mass is 127. The van der Waals surface area contributed by atoms with Gasteiger partial charge in [0.25, 0.3) is 0 Å². The van der Waals surface area contributed by atoms with E-state index in [1.54, 1.807) is 0 Å². The molecule has 0 bridgehead atoms. The van der Waals surface area contributed by atoms with Gasteiger partial charge in [-0.15, -0.1) is 0 Å². The van der Waals surface area contributed by atoms with E-state index in [0.29, 0.717) is 5.69 Å². The van der Waals surface area contributed by atoms with Gasteiger partial charge in [0.2, 0.25) is 0 Å². The molecule has 1 aliphatic rings. The quantitative estimate of drug-likeness (QED) is 0.482. The average Bonchev–Trinajstić information content (AvgIpc) is 2.40. The first kappa shape index (κ1) is 13.2. The zero-order chi connectivity index (χ0) is 12.8. The van der Waals surface area contributed by atoms with Crippen molar-refractivity contribution in [3.8, 4) is 0 Å². The number of anilines is 1. The normalized spacial score (nSPS) is 21.8. The van der Waals surface area contributed by atoms with Crippen molar-refractivity contribution in [1.82, 2.24) is 0 Å². The summed E-state index contributed by atoms with van der Waals surface area (Å²) in [6.07, 6.45) is 0. The van der Waals surface area contributed by atoms with Gasteiger partial charge in [-0.2, -0.15) is 0 Å². The van der Waals surface area contributed by atoms with Gasteiger partial charge in [0, 0.05) is 14.7 Å². The lowest BCUT2D eigenvalue weighted by atomic mass is 9.78. The summed E-state index contributed by atoms with van der Waals surface area (Å²) in [6.45, 7) is 8.16. The maximum absolute atomic E-state index is 5.98. The molecule has 0 saturated carbocycles. The first-order valence-corrected chi connectivity index (χ1v) is 6.71. The topological polar surface area (TPSA) is 44.5 Å². The first-order chi connectivity index (χ1) is 7.73. The Balaban J connectivity index is 2.35. The molecule has 0 amide bonds. The summed E-state index contributed by atoms with van der Waals surface area (Å²) in [4.78, 5) is 0. The molecule has 0 unspecified atom stereocenters. The highest BCUT2D eigenvalue weighted by molar-refractivity contribution is 14.1. The first-order valence-electron chi connectivity index (χ1n) is 5.63. The Morgan fingerprint density at radius 3 is 2.18 bits per heavy atom. The van der Waals surface area contributed by atoms with Crippen LogP contribution in [0.15, 0.2) is 18.2 Å². The molecule has 17 heavy (non-hydrogen) atoms. The third-order valence-electron chi connectivity index (χ3n) is 3.56. The highest BCUT2D eigenvalue weighted by Gasteiger charge is 2.52. The van der Waals surface area contributed by atoms with Crippen LogP contribution in [0.25, 0.3) is 0 Å². The number of nitrogens with two attached hydrogens (primary N) is 1. The molecule has 0 atom stereocenters. The van der Waals surface area contributed by atoms with E-state index in [9.17, 15) is 0 Å². The fraction of sp³-hybridized carbons (Fsp3) is 0.500. The Labute approximate surface area is 116 Å². The van der Waals surface area contributed by atoms with E-state index >= 15 is 0 Å². The smallest absolute Gasteiger partial charge is 0.399 e. The van der Waals surface area contributed by atoms with Crippen molar-refractivity contribution in [3.05, 3.63) is 21.8 Å². The van der Waals surface area contributed by atoms with Gasteiger partial charge in [-0.05, 0) is 68.5 Å². The van der Waals surface area contributed by atoms with Gasteiger partial charge < -0.3 is 15.0 Å². The van der Waals surface area contributed by atoms with E-state index in [1.165, 1.54) is 0 Å². The molecule has 3 nitrogen and oxygen atoms in total. The molecule has 1 heterocycles. The summed E-state index contributed by atoms with van der Waals surface area (Å²) in [7, 11) is -0.380. The molecule has 0 aliphatic carbocycles. The van der Waals surface area contributed by atoms with Crippen LogP contribution in [0, 0.1) is 3.57 Å². The number of hydrogen-bond acceptors (Lipinski definition) is 3. The Bertz CT molecular complexity index is 432. The SMILES string of the molecule is CC1(C)OB(c2cc(I)ccc2N)OC1(C)C. The fourth-order valence-electron chi connectivity index (χ4n) is 1.72. The predicted octanol–water partition coefficient (Wildman–Crippen LogP) is 2.17. The van der Waals surface area contributed by atoms with Crippen molar-refractivity contribution in [2.75, 3.05) is 5.73 Å². The Morgan fingerprint density at radius 1 is 1.12 bits per heavy atom. The largest absolute Gasteiger partial charge is 0.496 e. The van der Waals surface area contributed by atoms with Crippen molar-refractivity contribution >= 4 is 40.9 Å². The van der Waals surface area contributed by atoms with Gasteiger partial charge in [0.15, 0.2) is 0 Å². The number of nitrogen functional groups attached to an aromatic ring is 1. The summed E-state index contributed by atoms with van der Waals surface area (Å²) in [5.74, 6) is 0. The van der Waals surface area contributed by atoms with Gasteiger partial charge in [-0.1, -0.05) is 0 Å². The van der Waals surface area contributed by atoms with Crippen LogP contribution in [0.4, 0.5) is 5.69 Å². The molecule has 0 aromatic heterocycles. The van der Waals surface area contributed by atoms with Gasteiger partial charge in [-0.3, -0.25) is 0 Å². The standard InChI is InChI=1S/C12H17BINO2/c1-11(2)12(3,4)17-13(16-11)9-7-8(14)5-6-10(9)15/h5-7H,15H2,1-4H3. The molecule has 0 spiro atoms. The lowest BCUT2D eigenvalue weighted by molar-refractivity contribution is 0.00578. The zero-order valence-corrected chi connectivity index (χ0v) is 12.7. The molecule has 2 N–H and O–H groups in total. The number of benzene rings is 1. The molecule has 1 aliphatic heterocycles. The van der Waals surface area contributed by atoms with E-state index in [1.807, 2.05) is 45.9 Å². The third kappa shape index (κ3) is 2.32. The van der Waals surface area contributed by atoms with E-state index in [4.69, 9.17) is 15.0 Å². The van der Waals surface area contributed by atoms with E-state index < -0.39 is 0 Å². The van der Waals surface area contributed by atoms with Crippen LogP contribution in [0.5, 0.6) is 0 Å². The molecular formula is C12H17BINO2. The van der Waals surface area contributed by atoms with Crippen LogP contribution in [-0.4, -0.2) is 18.3 Å². The van der Waals surface area contributed by atoms with Crippen molar-refractivity contribution in [1.29, 1.82) is 0 Å². The lowest BCUT2D eigenvalue weighted by Gasteiger charge is -2.32. The van der Waals surface area contributed by atoms with E-state index in [-0.39, 0.29) is 18.3 Å². The minimum Gasteiger partial charge on any atom is -0.399 e. The molecule has 92 valence electrons. The van der Waals surface area contributed by atoms with Gasteiger partial charge in [0.1, 0.15) is 0 Å². The highest BCUT2D eigenvalue weighted by Crippen LogP contribution is 2.36. The molecule has 5 heteroatoms. The van der Waals surface area contributed by atoms with Crippen LogP contribution in [-0.2, 0) is 9.31 Å². The molecular weight excluding hydrogens is 328 g/mol. The van der Waals surface area contributed by atoms with E-state index in [0.717, 1.165) is 9.03 Å². The Morgan fingerprint density at radius 2 is 1.65 bits per heavy atom. The van der Waals surface area contributed by atoms with E-state index in [2.05, 4.69) is 22.6 Å². The minimum absolute atomic E-state index is 0.328. The molecule has 1 fully saturated rings. The van der Waals surface area contributed by atoms with Crippen LogP contribution < -0.4 is 11.2 Å². The summed E-state index contributed by atoms with van der Waals surface area (Å²) >= 11 is 2.26. The van der Waals surface area contributed by atoms with Gasteiger partial charge in [0.05, 0.1) is 11.2 Å².